The van der Waals surface area contributed by atoms with Crippen molar-refractivity contribution >= 4 is 34.2 Å². The summed E-state index contributed by atoms with van der Waals surface area (Å²) in [6.07, 6.45) is 4.83. The second-order valence-electron chi connectivity index (χ2n) is 12.7. The van der Waals surface area contributed by atoms with E-state index in [0.717, 1.165) is 73.7 Å². The first kappa shape index (κ1) is 32.2. The molecule has 1 amide bonds. The van der Waals surface area contributed by atoms with E-state index in [-0.39, 0.29) is 18.6 Å². The summed E-state index contributed by atoms with van der Waals surface area (Å²) >= 11 is 5.88. The van der Waals surface area contributed by atoms with Crippen LogP contribution in [0.5, 0.6) is 5.88 Å². The molecule has 2 saturated heterocycles. The SMILES string of the molecule is Cc1ccnn1C(C)C(=O)Nc1ccc2c(c1)nc(CN1CCC(c3cccc(OCc4ccc(Cl)cc4F)n3)CC1)n2C[C@@H]1CCO1. The van der Waals surface area contributed by atoms with Gasteiger partial charge in [-0.3, -0.25) is 14.4 Å². The number of aromatic nitrogens is 5. The number of nitrogens with one attached hydrogen (secondary N) is 1. The van der Waals surface area contributed by atoms with E-state index in [1.165, 1.54) is 6.07 Å². The summed E-state index contributed by atoms with van der Waals surface area (Å²) in [5.74, 6) is 1.26. The van der Waals surface area contributed by atoms with Crippen LogP contribution in [0.4, 0.5) is 10.1 Å². The van der Waals surface area contributed by atoms with Crippen molar-refractivity contribution in [1.82, 2.24) is 29.2 Å². The van der Waals surface area contributed by atoms with E-state index >= 15 is 0 Å². The quantitative estimate of drug-likeness (QED) is 0.167. The molecule has 0 bridgehead atoms. The highest BCUT2D eigenvalue weighted by atomic mass is 35.5. The normalized spacial score (nSPS) is 17.7. The second kappa shape index (κ2) is 14.0. The summed E-state index contributed by atoms with van der Waals surface area (Å²) in [7, 11) is 0. The number of anilines is 1. The highest BCUT2D eigenvalue weighted by molar-refractivity contribution is 6.30. The van der Waals surface area contributed by atoms with Crippen LogP contribution in [-0.4, -0.2) is 60.9 Å². The number of rotatable bonds is 11. The molecule has 10 nitrogen and oxygen atoms in total. The molecule has 0 radical (unpaired) electrons. The number of carbonyl (C=O) groups excluding carboxylic acids is 1. The third kappa shape index (κ3) is 7.08. The van der Waals surface area contributed by atoms with Gasteiger partial charge in [-0.25, -0.2) is 14.4 Å². The maximum atomic E-state index is 14.2. The van der Waals surface area contributed by atoms with Crippen LogP contribution >= 0.6 is 11.6 Å². The fraction of sp³-hybridized carbons (Fsp3) is 0.389. The molecular weight excluding hydrogens is 633 g/mol. The monoisotopic (exact) mass is 671 g/mol. The molecule has 0 spiro atoms. The van der Waals surface area contributed by atoms with Crippen molar-refractivity contribution in [2.75, 3.05) is 25.0 Å². The van der Waals surface area contributed by atoms with E-state index in [1.54, 1.807) is 29.1 Å². The number of hydrogen-bond acceptors (Lipinski definition) is 7. The minimum atomic E-state index is -0.438. The van der Waals surface area contributed by atoms with Crippen LogP contribution < -0.4 is 10.1 Å². The third-order valence-corrected chi connectivity index (χ3v) is 9.63. The zero-order valence-electron chi connectivity index (χ0n) is 27.1. The maximum absolute atomic E-state index is 14.2. The first-order valence-electron chi connectivity index (χ1n) is 16.5. The predicted molar refractivity (Wildman–Crippen MR) is 182 cm³/mol. The molecule has 2 aliphatic heterocycles. The van der Waals surface area contributed by atoms with Crippen LogP contribution in [0.25, 0.3) is 11.0 Å². The van der Waals surface area contributed by atoms with Gasteiger partial charge in [0.25, 0.3) is 0 Å². The summed E-state index contributed by atoms with van der Waals surface area (Å²) in [5, 5.41) is 7.69. The lowest BCUT2D eigenvalue weighted by atomic mass is 9.93. The zero-order chi connectivity index (χ0) is 33.2. The number of ether oxygens (including phenoxy) is 2. The van der Waals surface area contributed by atoms with Gasteiger partial charge in [-0.15, -0.1) is 0 Å². The van der Waals surface area contributed by atoms with Crippen molar-refractivity contribution in [2.45, 2.75) is 70.9 Å². The molecule has 7 rings (SSSR count). The molecule has 1 unspecified atom stereocenters. The first-order valence-corrected chi connectivity index (χ1v) is 16.9. The van der Waals surface area contributed by atoms with Crippen LogP contribution in [0, 0.1) is 12.7 Å². The molecule has 1 N–H and O–H groups in total. The van der Waals surface area contributed by atoms with Gasteiger partial charge in [-0.2, -0.15) is 5.10 Å². The Morgan fingerprint density at radius 2 is 1.94 bits per heavy atom. The van der Waals surface area contributed by atoms with Crippen molar-refractivity contribution < 1.29 is 18.7 Å². The molecule has 2 fully saturated rings. The molecule has 12 heteroatoms. The number of nitrogens with zero attached hydrogens (tertiary/aromatic N) is 6. The number of halogens is 2. The van der Waals surface area contributed by atoms with Gasteiger partial charge < -0.3 is 19.4 Å². The predicted octanol–water partition coefficient (Wildman–Crippen LogP) is 6.68. The van der Waals surface area contributed by atoms with Gasteiger partial charge >= 0.3 is 0 Å². The number of hydrogen-bond donors (Lipinski definition) is 1. The van der Waals surface area contributed by atoms with Gasteiger partial charge in [0.05, 0.1) is 30.2 Å². The maximum Gasteiger partial charge on any atom is 0.248 e. The molecule has 0 aliphatic carbocycles. The molecular formula is C36H39ClFN7O3. The molecule has 5 aromatic rings. The van der Waals surface area contributed by atoms with E-state index in [2.05, 4.69) is 19.9 Å². The summed E-state index contributed by atoms with van der Waals surface area (Å²) in [4.78, 5) is 25.3. The molecule has 2 atom stereocenters. The molecule has 2 aliphatic rings. The molecule has 48 heavy (non-hydrogen) atoms. The van der Waals surface area contributed by atoms with Crippen molar-refractivity contribution in [3.05, 3.63) is 100 Å². The van der Waals surface area contributed by atoms with Crippen LogP contribution in [-0.2, 0) is 29.2 Å². The number of likely N-dealkylation sites (tertiary alicyclic amines) is 1. The van der Waals surface area contributed by atoms with Gasteiger partial charge in [0.2, 0.25) is 11.8 Å². The molecule has 3 aromatic heterocycles. The number of amides is 1. The van der Waals surface area contributed by atoms with Crippen molar-refractivity contribution in [2.24, 2.45) is 0 Å². The van der Waals surface area contributed by atoms with Crippen molar-refractivity contribution in [1.29, 1.82) is 0 Å². The summed E-state index contributed by atoms with van der Waals surface area (Å²) in [6.45, 7) is 7.93. The van der Waals surface area contributed by atoms with Crippen LogP contribution in [0.1, 0.15) is 60.9 Å². The Morgan fingerprint density at radius 3 is 2.67 bits per heavy atom. The molecule has 0 saturated carbocycles. The van der Waals surface area contributed by atoms with Gasteiger partial charge in [-0.1, -0.05) is 23.7 Å². The number of carbonyl (C=O) groups is 1. The fourth-order valence-corrected chi connectivity index (χ4v) is 6.63. The van der Waals surface area contributed by atoms with Crippen LogP contribution in [0.15, 0.2) is 66.9 Å². The highest BCUT2D eigenvalue weighted by Gasteiger charge is 2.26. The molecule has 250 valence electrons. The lowest BCUT2D eigenvalue weighted by Crippen LogP contribution is -2.35. The van der Waals surface area contributed by atoms with Crippen molar-refractivity contribution in [3.63, 3.8) is 0 Å². The Kier molecular flexibility index (Phi) is 9.43. The van der Waals surface area contributed by atoms with Crippen molar-refractivity contribution in [3.8, 4) is 5.88 Å². The smallest absolute Gasteiger partial charge is 0.248 e. The van der Waals surface area contributed by atoms with Crippen LogP contribution in [0.2, 0.25) is 5.02 Å². The van der Waals surface area contributed by atoms with Crippen LogP contribution in [0.3, 0.4) is 0 Å². The Balaban J connectivity index is 1.01. The molecule has 5 heterocycles. The number of benzene rings is 2. The van der Waals surface area contributed by atoms with Gasteiger partial charge in [-0.05, 0) is 88.7 Å². The van der Waals surface area contributed by atoms with Gasteiger partial charge in [0.1, 0.15) is 24.3 Å². The van der Waals surface area contributed by atoms with Gasteiger partial charge in [0, 0.05) is 52.4 Å². The Morgan fingerprint density at radius 1 is 1.10 bits per heavy atom. The lowest BCUT2D eigenvalue weighted by molar-refractivity contribution is -0.119. The average Bonchev–Trinajstić information content (AvgIpc) is 3.64. The Bertz CT molecular complexity index is 1910. The average molecular weight is 672 g/mol. The summed E-state index contributed by atoms with van der Waals surface area (Å²) in [5.41, 5.74) is 4.94. The fourth-order valence-electron chi connectivity index (χ4n) is 6.47. The molecule has 2 aromatic carbocycles. The standard InChI is InChI=1S/C36H39ClFN7O3/c1-23-10-14-39-45(23)24(2)36(46)40-28-8-9-33-32(19-28)41-34(44(33)20-29-13-17-47-29)21-43-15-11-25(12-16-43)31-4-3-5-35(42-31)48-22-26-6-7-27(37)18-30(26)38/h3-10,14,18-19,24-25,29H,11-13,15-17,20-22H2,1-2H3,(H,40,46)/t24?,29-/m0/s1. The Hall–Kier alpha value is -4.32. The highest BCUT2D eigenvalue weighted by Crippen LogP contribution is 2.30. The second-order valence-corrected chi connectivity index (χ2v) is 13.1. The van der Waals surface area contributed by atoms with E-state index in [9.17, 15) is 9.18 Å². The number of imidazole rings is 1. The largest absolute Gasteiger partial charge is 0.473 e. The topological polar surface area (TPSA) is 99.3 Å². The summed E-state index contributed by atoms with van der Waals surface area (Å²) in [6, 6.07) is 17.7. The van der Waals surface area contributed by atoms with E-state index in [4.69, 9.17) is 31.0 Å². The van der Waals surface area contributed by atoms with E-state index in [1.807, 2.05) is 50.2 Å². The minimum Gasteiger partial charge on any atom is -0.473 e. The zero-order valence-corrected chi connectivity index (χ0v) is 27.9. The number of fused-ring (bicyclic) bond motifs is 1. The lowest BCUT2D eigenvalue weighted by Gasteiger charge is -2.32. The van der Waals surface area contributed by atoms with Gasteiger partial charge in [0.15, 0.2) is 0 Å². The number of aryl methyl sites for hydroxylation is 1. The minimum absolute atomic E-state index is 0.0861. The van der Waals surface area contributed by atoms with E-state index < -0.39 is 11.9 Å². The van der Waals surface area contributed by atoms with E-state index in [0.29, 0.717) is 34.6 Å². The number of piperidine rings is 1. The Labute approximate surface area is 283 Å². The first-order chi connectivity index (χ1) is 23.3. The summed E-state index contributed by atoms with van der Waals surface area (Å²) < 4.78 is 29.8. The number of pyridine rings is 1. The third-order valence-electron chi connectivity index (χ3n) is 9.40.